The Morgan fingerprint density at radius 3 is 0.652 bits per heavy atom. The summed E-state index contributed by atoms with van der Waals surface area (Å²) >= 11 is 14.6. The fraction of sp³-hybridized carbons (Fsp3) is 0.250. The lowest BCUT2D eigenvalue weighted by Gasteiger charge is -2.12. The molecule has 250 valence electrons. The Morgan fingerprint density at radius 1 is 0.370 bits per heavy atom. The molecule has 8 nitrogen and oxygen atoms in total. The first kappa shape index (κ1) is 43.0. The largest absolute Gasteiger partial charge is 1.00 e. The van der Waals surface area contributed by atoms with E-state index < -0.39 is 0 Å². The van der Waals surface area contributed by atoms with E-state index >= 15 is 0 Å². The molecule has 0 radical (unpaired) electrons. The second-order valence-corrected chi connectivity index (χ2v) is 11.5. The van der Waals surface area contributed by atoms with Crippen LogP contribution in [0.15, 0.2) is 108 Å². The molecule has 0 aliphatic rings. The minimum atomic E-state index is 0. The number of pyridine rings is 4. The number of hydrogen-bond acceptors (Lipinski definition) is 4. The molecule has 0 aliphatic heterocycles. The smallest absolute Gasteiger partial charge is 0.475 e. The number of nitrogens with zero attached hydrogens (tertiary/aromatic N) is 8. The van der Waals surface area contributed by atoms with Crippen molar-refractivity contribution in [1.82, 2.24) is 0 Å². The molecule has 0 bridgehead atoms. The van der Waals surface area contributed by atoms with E-state index in [1.165, 1.54) is 0 Å². The molecular formula is C32H40Cl6N8. The maximum absolute atomic E-state index is 7.31. The van der Waals surface area contributed by atoms with Crippen LogP contribution in [0.1, 0.15) is 0 Å². The van der Waals surface area contributed by atoms with Gasteiger partial charge in [-0.2, -0.15) is 0 Å². The maximum Gasteiger partial charge on any atom is 0.475 e. The van der Waals surface area contributed by atoms with Gasteiger partial charge in [0.2, 0.25) is 10.1 Å². The van der Waals surface area contributed by atoms with Crippen LogP contribution in [0.3, 0.4) is 0 Å². The van der Waals surface area contributed by atoms with E-state index in [1.54, 1.807) is 0 Å². The molecule has 0 saturated heterocycles. The van der Waals surface area contributed by atoms with Crippen molar-refractivity contribution in [1.29, 1.82) is 0 Å². The van der Waals surface area contributed by atoms with Crippen LogP contribution < -0.4 is 87.5 Å². The first-order valence-corrected chi connectivity index (χ1v) is 14.3. The lowest BCUT2D eigenvalue weighted by Crippen LogP contribution is -3.00. The Balaban J connectivity index is 0.00000506. The van der Waals surface area contributed by atoms with Crippen LogP contribution in [0.25, 0.3) is 0 Å². The van der Waals surface area contributed by atoms with Gasteiger partial charge in [-0.05, 0) is 0 Å². The molecule has 4 rings (SSSR count). The Hall–Kier alpha value is -2.98. The van der Waals surface area contributed by atoms with Crippen molar-refractivity contribution in [3.63, 3.8) is 0 Å². The van der Waals surface area contributed by atoms with Crippen molar-refractivity contribution in [3.05, 3.63) is 120 Å². The van der Waals surface area contributed by atoms with Gasteiger partial charge in [0.15, 0.2) is 49.6 Å². The average Bonchev–Trinajstić information content (AvgIpc) is 2.98. The van der Waals surface area contributed by atoms with Crippen LogP contribution in [0.5, 0.6) is 0 Å². The van der Waals surface area contributed by atoms with Gasteiger partial charge >= 0.3 is 11.6 Å². The first-order valence-electron chi connectivity index (χ1n) is 13.5. The minimum Gasteiger partial charge on any atom is -1.00 e. The highest BCUT2D eigenvalue weighted by molar-refractivity contribution is 6.43. The van der Waals surface area contributed by atoms with Gasteiger partial charge in [0.1, 0.15) is 0 Å². The predicted molar refractivity (Wildman–Crippen MR) is 171 cm³/mol. The molecular weight excluding hydrogens is 709 g/mol. The van der Waals surface area contributed by atoms with Gasteiger partial charge in [-0.3, -0.25) is 0 Å². The summed E-state index contributed by atoms with van der Waals surface area (Å²) in [4.78, 5) is 8.23. The third kappa shape index (κ3) is 10.0. The van der Waals surface area contributed by atoms with Gasteiger partial charge in [-0.25, -0.2) is 0 Å². The molecule has 0 aliphatic carbocycles. The summed E-state index contributed by atoms with van der Waals surface area (Å²) in [5.74, 6) is 1.37. The van der Waals surface area contributed by atoms with Crippen LogP contribution >= 0.6 is 23.2 Å². The molecule has 0 amide bonds. The highest BCUT2D eigenvalue weighted by Gasteiger charge is 2.37. The number of anilines is 4. The highest BCUT2D eigenvalue weighted by Crippen LogP contribution is 2.23. The average molecular weight is 749 g/mol. The number of aromatic nitrogens is 4. The van der Waals surface area contributed by atoms with Crippen molar-refractivity contribution in [2.24, 2.45) is 0 Å². The van der Waals surface area contributed by atoms with E-state index in [4.69, 9.17) is 23.2 Å². The number of hydrogen-bond donors (Lipinski definition) is 0. The summed E-state index contributed by atoms with van der Waals surface area (Å²) in [5, 5.41) is 0.760. The number of allylic oxidation sites excluding steroid dienone is 2. The summed E-state index contributed by atoms with van der Waals surface area (Å²) in [6, 6.07) is 16.3. The molecule has 0 fully saturated rings. The normalized spacial score (nSPS) is 9.70. The fourth-order valence-corrected chi connectivity index (χ4v) is 4.91. The van der Waals surface area contributed by atoms with Crippen LogP contribution in [0, 0.1) is 11.6 Å². The molecule has 0 atom stereocenters. The summed E-state index contributed by atoms with van der Waals surface area (Å²) in [7, 11) is 16.1. The molecule has 0 aromatic carbocycles. The van der Waals surface area contributed by atoms with Gasteiger partial charge in [-0.15, -0.1) is 18.3 Å². The standard InChI is InChI=1S/C32H40Cl2N8.4ClH/c1-35(2)25-9-17-39(18-10-25)31(40-19-11-26(12-20-40)36(3)4)29(33)30(34)32(41-21-13-27(14-22-41)37(5)6)42-23-15-28(16-24-42)38(7)8;;;;/h9-24H,1-8H3;4*1H/q+4;;;;/p-4. The van der Waals surface area contributed by atoms with Crippen LogP contribution in [0.4, 0.5) is 22.7 Å². The predicted octanol–water partition coefficient (Wildman–Crippen LogP) is -8.72. The van der Waals surface area contributed by atoms with Gasteiger partial charge < -0.3 is 69.2 Å². The molecule has 0 unspecified atom stereocenters. The quantitative estimate of drug-likeness (QED) is 0.126. The van der Waals surface area contributed by atoms with Crippen LogP contribution in [0.2, 0.25) is 0 Å². The Bertz CT molecular complexity index is 1340. The minimum absolute atomic E-state index is 0. The number of halogens is 6. The van der Waals surface area contributed by atoms with Crippen LogP contribution in [-0.2, 0) is 0 Å². The molecule has 0 saturated carbocycles. The number of rotatable bonds is 9. The molecule has 4 heterocycles. The molecule has 46 heavy (non-hydrogen) atoms. The third-order valence-corrected chi connectivity index (χ3v) is 7.69. The monoisotopic (exact) mass is 746 g/mol. The van der Waals surface area contributed by atoms with E-state index in [1.807, 2.05) is 173 Å². The second-order valence-electron chi connectivity index (χ2n) is 10.7. The first-order chi connectivity index (χ1) is 20.0. The summed E-state index contributed by atoms with van der Waals surface area (Å²) in [6.45, 7) is 0. The zero-order chi connectivity index (χ0) is 30.6. The lowest BCUT2D eigenvalue weighted by molar-refractivity contribution is -0.840. The molecule has 0 spiro atoms. The van der Waals surface area contributed by atoms with Crippen LogP contribution in [-0.4, -0.2) is 56.4 Å². The van der Waals surface area contributed by atoms with Crippen molar-refractivity contribution >= 4 is 46.0 Å². The maximum atomic E-state index is 7.31. The van der Waals surface area contributed by atoms with E-state index in [2.05, 4.69) is 19.6 Å². The third-order valence-electron chi connectivity index (χ3n) is 6.88. The van der Waals surface area contributed by atoms with E-state index in [0.717, 1.165) is 22.7 Å². The zero-order valence-corrected chi connectivity index (χ0v) is 31.6. The van der Waals surface area contributed by atoms with E-state index in [-0.39, 0.29) is 49.6 Å². The van der Waals surface area contributed by atoms with Crippen molar-refractivity contribution in [2.45, 2.75) is 0 Å². The molecule has 0 N–H and O–H groups in total. The van der Waals surface area contributed by atoms with Gasteiger partial charge in [0, 0.05) is 128 Å². The van der Waals surface area contributed by atoms with E-state index in [9.17, 15) is 0 Å². The van der Waals surface area contributed by atoms with Gasteiger partial charge in [0.25, 0.3) is 0 Å². The Kier molecular flexibility index (Phi) is 17.8. The lowest BCUT2D eigenvalue weighted by atomic mass is 10.3. The SMILES string of the molecule is CN(C)c1cc[n+](C(=C(Cl)C(Cl)=C([n+]2ccc(N(C)C)cc2)[n+]2ccc(N(C)C)cc2)[n+]2ccc(N(C)C)cc2)cc1.[Cl-].[Cl-].[Cl-].[Cl-]. The highest BCUT2D eigenvalue weighted by atomic mass is 35.5. The summed E-state index contributed by atoms with van der Waals surface area (Å²) in [5.41, 5.74) is 4.30. The molecule has 4 aromatic heterocycles. The molecule has 4 aromatic rings. The summed E-state index contributed by atoms with van der Waals surface area (Å²) < 4.78 is 7.91. The van der Waals surface area contributed by atoms with E-state index in [0.29, 0.717) is 21.7 Å². The summed E-state index contributed by atoms with van der Waals surface area (Å²) in [6.07, 6.45) is 15.9. The van der Waals surface area contributed by atoms with Crippen molar-refractivity contribution in [2.75, 3.05) is 76.0 Å². The van der Waals surface area contributed by atoms with Gasteiger partial charge in [-0.1, -0.05) is 23.2 Å². The fourth-order valence-electron chi connectivity index (χ4n) is 4.35. The Labute approximate surface area is 308 Å². The molecule has 14 heteroatoms. The topological polar surface area (TPSA) is 28.5 Å². The van der Waals surface area contributed by atoms with Crippen molar-refractivity contribution in [3.8, 4) is 0 Å². The van der Waals surface area contributed by atoms with Crippen molar-refractivity contribution < 1.29 is 67.9 Å². The van der Waals surface area contributed by atoms with Gasteiger partial charge in [0.05, 0.1) is 0 Å². The zero-order valence-electron chi connectivity index (χ0n) is 27.1. The second kappa shape index (κ2) is 19.0. The Morgan fingerprint density at radius 2 is 0.522 bits per heavy atom.